The molecule has 0 N–H and O–H groups in total. The normalized spacial score (nSPS) is 10.6. The lowest BCUT2D eigenvalue weighted by atomic mass is 10.2. The summed E-state index contributed by atoms with van der Waals surface area (Å²) >= 11 is 4.68. The van der Waals surface area contributed by atoms with Crippen molar-refractivity contribution < 1.29 is 18.3 Å². The van der Waals surface area contributed by atoms with Crippen LogP contribution in [0.4, 0.5) is 8.78 Å². The Labute approximate surface area is 113 Å². The van der Waals surface area contributed by atoms with Crippen LogP contribution in [-0.2, 0) is 4.74 Å². The molecule has 0 aromatic carbocycles. The molecule has 0 saturated carbocycles. The number of nitrogens with zero attached hydrogens (tertiary/aromatic N) is 1. The first-order chi connectivity index (χ1) is 7.47. The molecule has 1 aromatic rings. The third kappa shape index (κ3) is 3.09. The summed E-state index contributed by atoms with van der Waals surface area (Å²) in [6, 6.07) is 1.33. The maximum Gasteiger partial charge on any atom is 0.340 e. The fourth-order valence-corrected chi connectivity index (χ4v) is 2.12. The van der Waals surface area contributed by atoms with Gasteiger partial charge in [0.2, 0.25) is 0 Å². The summed E-state index contributed by atoms with van der Waals surface area (Å²) in [4.78, 5) is 15.0. The molecule has 1 heterocycles. The molecule has 0 unspecified atom stereocenters. The van der Waals surface area contributed by atoms with Gasteiger partial charge < -0.3 is 4.74 Å². The molecule has 0 fully saturated rings. The predicted octanol–water partition coefficient (Wildman–Crippen LogP) is 3.56. The average Bonchev–Trinajstić information content (AvgIpc) is 2.20. The van der Waals surface area contributed by atoms with Crippen LogP contribution in [-0.4, -0.2) is 17.6 Å². The number of hydrogen-bond donors (Lipinski definition) is 0. The number of hydrogen-bond acceptors (Lipinski definition) is 3. The van der Waals surface area contributed by atoms with Crippen LogP contribution in [0, 0.1) is 3.57 Å². The van der Waals surface area contributed by atoms with Gasteiger partial charge in [0.05, 0.1) is 12.2 Å². The zero-order chi connectivity index (χ0) is 12.3. The monoisotopic (exact) mass is 405 g/mol. The number of carbonyl (C=O) groups is 1. The third-order valence-electron chi connectivity index (χ3n) is 1.66. The molecule has 1 rings (SSSR count). The Morgan fingerprint density at radius 1 is 1.69 bits per heavy atom. The van der Waals surface area contributed by atoms with Crippen molar-refractivity contribution in [3.8, 4) is 0 Å². The van der Waals surface area contributed by atoms with Gasteiger partial charge in [-0.1, -0.05) is 0 Å². The summed E-state index contributed by atoms with van der Waals surface area (Å²) in [5.41, 5.74) is -0.198. The van der Waals surface area contributed by atoms with Crippen molar-refractivity contribution in [2.45, 2.75) is 13.3 Å². The van der Waals surface area contributed by atoms with Crippen molar-refractivity contribution in [2.24, 2.45) is 0 Å². The molecule has 0 spiro atoms. The second-order valence-corrected chi connectivity index (χ2v) is 4.63. The number of pyridine rings is 1. The number of rotatable bonds is 3. The lowest BCUT2D eigenvalue weighted by Gasteiger charge is -2.07. The summed E-state index contributed by atoms with van der Waals surface area (Å²) < 4.78 is 30.0. The Morgan fingerprint density at radius 2 is 2.31 bits per heavy atom. The van der Waals surface area contributed by atoms with Crippen LogP contribution in [0.2, 0.25) is 0 Å². The molecule has 0 aliphatic carbocycles. The van der Waals surface area contributed by atoms with E-state index in [1.54, 1.807) is 29.5 Å². The minimum Gasteiger partial charge on any atom is -0.462 e. The number of alkyl halides is 2. The van der Waals surface area contributed by atoms with Gasteiger partial charge in [-0.15, -0.1) is 0 Å². The highest BCUT2D eigenvalue weighted by atomic mass is 127. The second kappa shape index (κ2) is 5.85. The minimum absolute atomic E-state index is 0.0710. The first-order valence-electron chi connectivity index (χ1n) is 4.28. The van der Waals surface area contributed by atoms with Crippen LogP contribution >= 0.6 is 38.5 Å². The SMILES string of the molecule is CCOC(=O)c1cc(I)c(C(F)F)nc1Br. The summed E-state index contributed by atoms with van der Waals surface area (Å²) in [5.74, 6) is -0.583. The first kappa shape index (κ1) is 13.8. The van der Waals surface area contributed by atoms with Crippen LogP contribution in [0.15, 0.2) is 10.7 Å². The highest BCUT2D eigenvalue weighted by Gasteiger charge is 2.20. The highest BCUT2D eigenvalue weighted by molar-refractivity contribution is 14.1. The molecule has 0 bridgehead atoms. The number of ether oxygens (including phenoxy) is 1. The quantitative estimate of drug-likeness (QED) is 0.438. The van der Waals surface area contributed by atoms with E-state index in [1.807, 2.05) is 0 Å². The Hall–Kier alpha value is -0.310. The highest BCUT2D eigenvalue weighted by Crippen LogP contribution is 2.27. The van der Waals surface area contributed by atoms with E-state index >= 15 is 0 Å². The van der Waals surface area contributed by atoms with E-state index in [1.165, 1.54) is 6.07 Å². The minimum atomic E-state index is -2.67. The Bertz CT molecular complexity index is 415. The fourth-order valence-electron chi connectivity index (χ4n) is 0.985. The lowest BCUT2D eigenvalue weighted by Crippen LogP contribution is -2.09. The van der Waals surface area contributed by atoms with Gasteiger partial charge in [0.1, 0.15) is 10.3 Å². The van der Waals surface area contributed by atoms with Gasteiger partial charge in [0, 0.05) is 3.57 Å². The van der Waals surface area contributed by atoms with E-state index in [9.17, 15) is 13.6 Å². The van der Waals surface area contributed by atoms with Gasteiger partial charge in [0.25, 0.3) is 6.43 Å². The van der Waals surface area contributed by atoms with Gasteiger partial charge in [-0.25, -0.2) is 18.6 Å². The maximum absolute atomic E-state index is 12.5. The zero-order valence-corrected chi connectivity index (χ0v) is 11.9. The zero-order valence-electron chi connectivity index (χ0n) is 8.14. The van der Waals surface area contributed by atoms with Crippen molar-refractivity contribution in [1.29, 1.82) is 0 Å². The molecule has 16 heavy (non-hydrogen) atoms. The molecular weight excluding hydrogens is 399 g/mol. The van der Waals surface area contributed by atoms with E-state index in [0.717, 1.165) is 0 Å². The van der Waals surface area contributed by atoms with Crippen LogP contribution in [0.5, 0.6) is 0 Å². The van der Waals surface area contributed by atoms with Gasteiger partial charge >= 0.3 is 5.97 Å². The van der Waals surface area contributed by atoms with Crippen LogP contribution in [0.3, 0.4) is 0 Å². The van der Waals surface area contributed by atoms with Crippen molar-refractivity contribution in [3.63, 3.8) is 0 Å². The summed E-state index contributed by atoms with van der Waals surface area (Å²) in [5, 5.41) is 0. The molecule has 0 aliphatic heterocycles. The predicted molar refractivity (Wildman–Crippen MR) is 65.6 cm³/mol. The smallest absolute Gasteiger partial charge is 0.340 e. The van der Waals surface area contributed by atoms with Gasteiger partial charge in [-0.05, 0) is 51.5 Å². The average molecular weight is 406 g/mol. The van der Waals surface area contributed by atoms with E-state index in [0.29, 0.717) is 0 Å². The molecule has 0 aliphatic rings. The van der Waals surface area contributed by atoms with Crippen molar-refractivity contribution in [3.05, 3.63) is 25.5 Å². The number of halogens is 4. The molecule has 0 radical (unpaired) electrons. The molecular formula is C9H7BrF2INO2. The summed E-state index contributed by atoms with van der Waals surface area (Å²) in [6.45, 7) is 1.89. The van der Waals surface area contributed by atoms with E-state index in [-0.39, 0.29) is 26.0 Å². The molecule has 88 valence electrons. The largest absolute Gasteiger partial charge is 0.462 e. The molecule has 3 nitrogen and oxygen atoms in total. The van der Waals surface area contributed by atoms with Crippen molar-refractivity contribution in [1.82, 2.24) is 4.98 Å². The van der Waals surface area contributed by atoms with Gasteiger partial charge in [-0.2, -0.15) is 0 Å². The van der Waals surface area contributed by atoms with E-state index in [4.69, 9.17) is 4.74 Å². The molecule has 0 amide bonds. The number of carbonyl (C=O) groups excluding carboxylic acids is 1. The van der Waals surface area contributed by atoms with Crippen LogP contribution in [0.25, 0.3) is 0 Å². The molecule has 0 atom stereocenters. The fraction of sp³-hybridized carbons (Fsp3) is 0.333. The third-order valence-corrected chi connectivity index (χ3v) is 3.13. The van der Waals surface area contributed by atoms with Crippen molar-refractivity contribution >= 4 is 44.5 Å². The van der Waals surface area contributed by atoms with Crippen LogP contribution < -0.4 is 0 Å². The summed E-state index contributed by atoms with van der Waals surface area (Å²) in [6.07, 6.45) is -2.67. The van der Waals surface area contributed by atoms with Gasteiger partial charge in [0.15, 0.2) is 0 Å². The lowest BCUT2D eigenvalue weighted by molar-refractivity contribution is 0.0524. The first-order valence-corrected chi connectivity index (χ1v) is 6.15. The number of aromatic nitrogens is 1. The van der Waals surface area contributed by atoms with Crippen molar-refractivity contribution in [2.75, 3.05) is 6.61 Å². The Balaban J connectivity index is 3.15. The van der Waals surface area contributed by atoms with E-state index in [2.05, 4.69) is 20.9 Å². The number of esters is 1. The topological polar surface area (TPSA) is 39.2 Å². The molecule has 1 aromatic heterocycles. The molecule has 0 saturated heterocycles. The van der Waals surface area contributed by atoms with E-state index < -0.39 is 12.4 Å². The maximum atomic E-state index is 12.5. The Kier molecular flexibility index (Phi) is 5.03. The second-order valence-electron chi connectivity index (χ2n) is 2.71. The summed E-state index contributed by atoms with van der Waals surface area (Å²) in [7, 11) is 0. The standard InChI is InChI=1S/C9H7BrF2INO2/c1-2-16-9(15)4-3-5(13)6(8(11)12)14-7(4)10/h3,8H,2H2,1H3. The Morgan fingerprint density at radius 3 is 2.81 bits per heavy atom. The van der Waals surface area contributed by atoms with Gasteiger partial charge in [-0.3, -0.25) is 0 Å². The molecule has 7 heteroatoms. The van der Waals surface area contributed by atoms with Crippen LogP contribution in [0.1, 0.15) is 29.4 Å².